The molecule has 8 heavy (non-hydrogen) atoms. The van der Waals surface area contributed by atoms with E-state index in [1.54, 1.807) is 0 Å². The smallest absolute Gasteiger partial charge is 0.0623 e. The Bertz CT molecular complexity index is 80.5. The molecule has 0 saturated carbocycles. The van der Waals surface area contributed by atoms with Gasteiger partial charge in [-0.2, -0.15) is 0 Å². The summed E-state index contributed by atoms with van der Waals surface area (Å²) in [5, 5.41) is 0. The molecule has 0 saturated heterocycles. The third-order valence-corrected chi connectivity index (χ3v) is 0.667. The van der Waals surface area contributed by atoms with Gasteiger partial charge in [0.15, 0.2) is 0 Å². The standard InChI is InChI=1S/C6H6.ClH.Cu/c1-2-4-6-5-3-1;;/h1-6H;1H;/q;;+1/p-1. The minimum atomic E-state index is 2.00. The Morgan fingerprint density at radius 2 is 0.750 bits per heavy atom. The normalized spacial score (nSPS) is 6.88. The fourth-order valence-corrected chi connectivity index (χ4v) is 0.385. The van der Waals surface area contributed by atoms with Crippen LogP contribution in [-0.2, 0) is 15.1 Å². The molecule has 0 unspecified atom stereocenters. The molecule has 1 rings (SSSR count). The summed E-state index contributed by atoms with van der Waals surface area (Å²) in [5.41, 5.74) is 0. The van der Waals surface area contributed by atoms with Gasteiger partial charge >= 0.3 is 25.2 Å². The Morgan fingerprint density at radius 3 is 0.875 bits per heavy atom. The molecule has 0 aliphatic heterocycles. The van der Waals surface area contributed by atoms with Gasteiger partial charge in [0.25, 0.3) is 0 Å². The first-order valence-electron chi connectivity index (χ1n) is 2.11. The van der Waals surface area contributed by atoms with Crippen molar-refractivity contribution in [2.45, 2.75) is 0 Å². The van der Waals surface area contributed by atoms with E-state index in [0.29, 0.717) is 0 Å². The molecule has 0 aliphatic carbocycles. The summed E-state index contributed by atoms with van der Waals surface area (Å²) in [6.07, 6.45) is 0. The first-order valence-corrected chi connectivity index (χ1v) is 3.41. The van der Waals surface area contributed by atoms with Crippen LogP contribution in [-0.4, -0.2) is 0 Å². The van der Waals surface area contributed by atoms with Crippen molar-refractivity contribution >= 4 is 10.1 Å². The van der Waals surface area contributed by atoms with Crippen molar-refractivity contribution in [2.24, 2.45) is 0 Å². The molecule has 0 radical (unpaired) electrons. The van der Waals surface area contributed by atoms with Gasteiger partial charge in [0, 0.05) is 0 Å². The van der Waals surface area contributed by atoms with Crippen LogP contribution in [0, 0.1) is 0 Å². The molecule has 0 nitrogen and oxygen atoms in total. The molecule has 0 aromatic heterocycles. The Hall–Kier alpha value is 0.0295. The minimum Gasteiger partial charge on any atom is -0.0623 e. The average Bonchev–Trinajstić information content (AvgIpc) is 1.96. The maximum absolute atomic E-state index is 4.20. The topological polar surface area (TPSA) is 0 Å². The summed E-state index contributed by atoms with van der Waals surface area (Å²) < 4.78 is 0. The molecule has 0 fully saturated rings. The summed E-state index contributed by atoms with van der Waals surface area (Å²) in [7, 11) is 4.20. The maximum atomic E-state index is 4.20. The molecule has 0 amide bonds. The van der Waals surface area contributed by atoms with E-state index in [-0.39, 0.29) is 0 Å². The molecule has 0 aliphatic rings. The van der Waals surface area contributed by atoms with E-state index in [2.05, 4.69) is 25.2 Å². The Kier molecular flexibility index (Phi) is 7.06. The van der Waals surface area contributed by atoms with E-state index in [0.717, 1.165) is 0 Å². The molecule has 0 bridgehead atoms. The van der Waals surface area contributed by atoms with E-state index in [4.69, 9.17) is 0 Å². The van der Waals surface area contributed by atoms with Gasteiger partial charge in [-0.15, -0.1) is 0 Å². The third-order valence-electron chi connectivity index (χ3n) is 0.667. The molecule has 2 heteroatoms. The predicted octanol–water partition coefficient (Wildman–Crippen LogP) is 2.37. The summed E-state index contributed by atoms with van der Waals surface area (Å²) >= 11 is 3.66. The zero-order valence-corrected chi connectivity index (χ0v) is 5.84. The summed E-state index contributed by atoms with van der Waals surface area (Å²) in [6.45, 7) is 0. The third kappa shape index (κ3) is 4.20. The second-order valence-electron chi connectivity index (χ2n) is 1.15. The van der Waals surface area contributed by atoms with Crippen molar-refractivity contribution in [3.8, 4) is 0 Å². The monoisotopic (exact) mass is 176 g/mol. The molecule has 48 valence electrons. The Morgan fingerprint density at radius 1 is 0.625 bits per heavy atom. The number of halogens is 1. The second kappa shape index (κ2) is 7.03. The van der Waals surface area contributed by atoms with Crippen molar-refractivity contribution in [3.05, 3.63) is 36.4 Å². The van der Waals surface area contributed by atoms with Crippen molar-refractivity contribution < 1.29 is 15.1 Å². The van der Waals surface area contributed by atoms with Gasteiger partial charge in [0.05, 0.1) is 0 Å². The molecule has 0 heterocycles. The van der Waals surface area contributed by atoms with Gasteiger partial charge in [0.2, 0.25) is 0 Å². The molecule has 0 spiro atoms. The average molecular weight is 177 g/mol. The van der Waals surface area contributed by atoms with E-state index >= 15 is 0 Å². The van der Waals surface area contributed by atoms with Gasteiger partial charge < -0.3 is 0 Å². The van der Waals surface area contributed by atoms with E-state index in [1.807, 2.05) is 36.4 Å². The number of hydrogen-bond donors (Lipinski definition) is 0. The zero-order chi connectivity index (χ0) is 6.24. The van der Waals surface area contributed by atoms with Crippen LogP contribution < -0.4 is 0 Å². The zero-order valence-electron chi connectivity index (χ0n) is 4.14. The van der Waals surface area contributed by atoms with Crippen LogP contribution in [0.1, 0.15) is 0 Å². The Balaban J connectivity index is 0.000000222. The van der Waals surface area contributed by atoms with Crippen molar-refractivity contribution in [1.29, 1.82) is 0 Å². The quantitative estimate of drug-likeness (QED) is 0.533. The summed E-state index contributed by atoms with van der Waals surface area (Å²) in [5.74, 6) is 0. The largest absolute Gasteiger partial charge is 0.0623 e. The number of hydrogen-bond acceptors (Lipinski definition) is 0. The molecule has 1 aromatic carbocycles. The van der Waals surface area contributed by atoms with Crippen LogP contribution in [0.3, 0.4) is 0 Å². The first kappa shape index (κ1) is 8.03. The van der Waals surface area contributed by atoms with Gasteiger partial charge in [-0.1, -0.05) is 36.4 Å². The molecular weight excluding hydrogens is 171 g/mol. The fourth-order valence-electron chi connectivity index (χ4n) is 0.385. The van der Waals surface area contributed by atoms with Crippen LogP contribution in [0.5, 0.6) is 0 Å². The summed E-state index contributed by atoms with van der Waals surface area (Å²) in [6, 6.07) is 12.0. The first-order chi connectivity index (χ1) is 4.00. The van der Waals surface area contributed by atoms with Gasteiger partial charge in [-0.25, -0.2) is 0 Å². The molecule has 1 aromatic rings. The maximum Gasteiger partial charge on any atom is -0.0623 e. The molecule has 0 N–H and O–H groups in total. The van der Waals surface area contributed by atoms with Crippen LogP contribution in [0.2, 0.25) is 0 Å². The predicted molar refractivity (Wildman–Crippen MR) is 32.3 cm³/mol. The minimum absolute atomic E-state index is 2.00. The molecular formula is C6H6ClCu. The van der Waals surface area contributed by atoms with Gasteiger partial charge in [-0.3, -0.25) is 0 Å². The van der Waals surface area contributed by atoms with Gasteiger partial charge in [-0.05, 0) is 0 Å². The second-order valence-corrected chi connectivity index (χ2v) is 1.15. The van der Waals surface area contributed by atoms with Crippen LogP contribution in [0.4, 0.5) is 0 Å². The fraction of sp³-hybridized carbons (Fsp3) is 0. The van der Waals surface area contributed by atoms with Crippen molar-refractivity contribution in [3.63, 3.8) is 0 Å². The molecule has 0 atom stereocenters. The SMILES string of the molecule is [Cl][Cu].c1ccccc1. The van der Waals surface area contributed by atoms with Crippen molar-refractivity contribution in [1.82, 2.24) is 0 Å². The van der Waals surface area contributed by atoms with Crippen LogP contribution >= 0.6 is 10.1 Å². The van der Waals surface area contributed by atoms with Crippen LogP contribution in [0.15, 0.2) is 36.4 Å². The Labute approximate surface area is 61.9 Å². The van der Waals surface area contributed by atoms with E-state index in [1.165, 1.54) is 0 Å². The number of rotatable bonds is 0. The summed E-state index contributed by atoms with van der Waals surface area (Å²) in [4.78, 5) is 0. The number of benzene rings is 1. The van der Waals surface area contributed by atoms with E-state index < -0.39 is 0 Å². The van der Waals surface area contributed by atoms with Gasteiger partial charge in [0.1, 0.15) is 0 Å². The van der Waals surface area contributed by atoms with Crippen LogP contribution in [0.25, 0.3) is 0 Å². The van der Waals surface area contributed by atoms with Crippen molar-refractivity contribution in [2.75, 3.05) is 0 Å². The van der Waals surface area contributed by atoms with E-state index in [9.17, 15) is 0 Å².